The molecule has 3 N–H and O–H groups in total. The van der Waals surface area contributed by atoms with Crippen LogP contribution in [-0.2, 0) is 0 Å². The van der Waals surface area contributed by atoms with Gasteiger partial charge in [0.1, 0.15) is 0 Å². The average molecular weight is 276 g/mol. The van der Waals surface area contributed by atoms with Crippen LogP contribution in [0.15, 0.2) is 18.2 Å². The van der Waals surface area contributed by atoms with Gasteiger partial charge in [-0.15, -0.1) is 0 Å². The van der Waals surface area contributed by atoms with Crippen LogP contribution in [0.25, 0.3) is 0 Å². The Labute approximate surface area is 120 Å². The number of nitrogen functional groups attached to an aromatic ring is 1. The Bertz CT molecular complexity index is 467. The second kappa shape index (κ2) is 6.72. The van der Waals surface area contributed by atoms with Crippen LogP contribution in [0.2, 0.25) is 0 Å². The zero-order valence-corrected chi connectivity index (χ0v) is 12.4. The van der Waals surface area contributed by atoms with Crippen molar-refractivity contribution >= 4 is 11.6 Å². The van der Waals surface area contributed by atoms with Crippen molar-refractivity contribution in [2.24, 2.45) is 5.84 Å². The van der Waals surface area contributed by atoms with Gasteiger partial charge in [0.05, 0.1) is 11.3 Å². The van der Waals surface area contributed by atoms with E-state index < -0.39 is 0 Å². The van der Waals surface area contributed by atoms with Gasteiger partial charge in [-0.05, 0) is 32.0 Å². The van der Waals surface area contributed by atoms with Gasteiger partial charge < -0.3 is 10.3 Å². The number of nitrogens with two attached hydrogens (primary N) is 1. The minimum atomic E-state index is 0.0674. The quantitative estimate of drug-likeness (QED) is 0.645. The highest BCUT2D eigenvalue weighted by molar-refractivity contribution is 5.99. The summed E-state index contributed by atoms with van der Waals surface area (Å²) in [6.45, 7) is 8.77. The standard InChI is InChI=1S/C15H24N4O/c1-3-6-18-7-9-19(10-8-18)15(20)13-11-12(2)4-5-14(13)17-16/h4-5,11,17H,3,6-10,16H2,1-2H3. The molecule has 0 aliphatic carbocycles. The predicted octanol–water partition coefficient (Wildman–Crippen LogP) is 1.45. The Balaban J connectivity index is 2.07. The van der Waals surface area contributed by atoms with Crippen LogP contribution in [0.4, 0.5) is 5.69 Å². The van der Waals surface area contributed by atoms with Crippen molar-refractivity contribution in [3.8, 4) is 0 Å². The zero-order valence-electron chi connectivity index (χ0n) is 12.4. The number of hydrogen-bond acceptors (Lipinski definition) is 4. The van der Waals surface area contributed by atoms with Crippen molar-refractivity contribution in [3.05, 3.63) is 29.3 Å². The number of benzene rings is 1. The molecule has 0 aromatic heterocycles. The number of carbonyl (C=O) groups excluding carboxylic acids is 1. The zero-order chi connectivity index (χ0) is 14.5. The molecule has 0 atom stereocenters. The molecule has 1 fully saturated rings. The summed E-state index contributed by atoms with van der Waals surface area (Å²) in [7, 11) is 0. The van der Waals surface area contributed by atoms with Crippen molar-refractivity contribution in [2.75, 3.05) is 38.1 Å². The number of nitrogens with one attached hydrogen (secondary N) is 1. The molecule has 0 saturated carbocycles. The lowest BCUT2D eigenvalue weighted by Crippen LogP contribution is -2.48. The molecule has 5 nitrogen and oxygen atoms in total. The smallest absolute Gasteiger partial charge is 0.256 e. The maximum Gasteiger partial charge on any atom is 0.256 e. The van der Waals surface area contributed by atoms with Crippen LogP contribution >= 0.6 is 0 Å². The molecule has 1 aromatic rings. The molecule has 1 aliphatic heterocycles. The Morgan fingerprint density at radius 1 is 1.30 bits per heavy atom. The van der Waals surface area contributed by atoms with Gasteiger partial charge in [-0.25, -0.2) is 0 Å². The van der Waals surface area contributed by atoms with Crippen LogP contribution in [-0.4, -0.2) is 48.4 Å². The molecule has 1 aromatic carbocycles. The molecule has 20 heavy (non-hydrogen) atoms. The molecule has 5 heteroatoms. The van der Waals surface area contributed by atoms with E-state index in [1.54, 1.807) is 0 Å². The number of nitrogens with zero attached hydrogens (tertiary/aromatic N) is 2. The van der Waals surface area contributed by atoms with Gasteiger partial charge in [0.15, 0.2) is 0 Å². The summed E-state index contributed by atoms with van der Waals surface area (Å²) in [4.78, 5) is 16.9. The monoisotopic (exact) mass is 276 g/mol. The third-order valence-electron chi connectivity index (χ3n) is 3.76. The molecule has 1 amide bonds. The molecule has 1 heterocycles. The lowest BCUT2D eigenvalue weighted by Gasteiger charge is -2.34. The second-order valence-corrected chi connectivity index (χ2v) is 5.33. The van der Waals surface area contributed by atoms with E-state index in [9.17, 15) is 4.79 Å². The number of piperazine rings is 1. The van der Waals surface area contributed by atoms with E-state index in [4.69, 9.17) is 5.84 Å². The first-order valence-corrected chi connectivity index (χ1v) is 7.24. The largest absolute Gasteiger partial charge is 0.336 e. The molecular weight excluding hydrogens is 252 g/mol. The lowest BCUT2D eigenvalue weighted by molar-refractivity contribution is 0.0638. The van der Waals surface area contributed by atoms with E-state index in [0.29, 0.717) is 11.3 Å². The van der Waals surface area contributed by atoms with Crippen molar-refractivity contribution in [2.45, 2.75) is 20.3 Å². The van der Waals surface area contributed by atoms with Crippen molar-refractivity contribution in [1.82, 2.24) is 9.80 Å². The highest BCUT2D eigenvalue weighted by Gasteiger charge is 2.23. The number of anilines is 1. The third-order valence-corrected chi connectivity index (χ3v) is 3.76. The maximum atomic E-state index is 12.6. The molecule has 2 rings (SSSR count). The molecular formula is C15H24N4O. The van der Waals surface area contributed by atoms with Crippen LogP contribution < -0.4 is 11.3 Å². The molecule has 0 radical (unpaired) electrons. The van der Waals surface area contributed by atoms with E-state index >= 15 is 0 Å². The molecule has 110 valence electrons. The molecule has 0 unspecified atom stereocenters. The number of aryl methyl sites for hydroxylation is 1. The summed E-state index contributed by atoms with van der Waals surface area (Å²) in [6.07, 6.45) is 1.16. The minimum Gasteiger partial charge on any atom is -0.336 e. The highest BCUT2D eigenvalue weighted by Crippen LogP contribution is 2.19. The van der Waals surface area contributed by atoms with E-state index in [1.807, 2.05) is 30.0 Å². The summed E-state index contributed by atoms with van der Waals surface area (Å²) in [5.41, 5.74) is 5.04. The van der Waals surface area contributed by atoms with E-state index in [2.05, 4.69) is 17.2 Å². The minimum absolute atomic E-state index is 0.0674. The first-order chi connectivity index (χ1) is 9.65. The van der Waals surface area contributed by atoms with Crippen LogP contribution in [0.3, 0.4) is 0 Å². The van der Waals surface area contributed by atoms with Gasteiger partial charge in [0, 0.05) is 26.2 Å². The Kier molecular flexibility index (Phi) is 4.98. The SMILES string of the molecule is CCCN1CCN(C(=O)c2cc(C)ccc2NN)CC1. The molecule has 1 saturated heterocycles. The van der Waals surface area contributed by atoms with Gasteiger partial charge in [0.2, 0.25) is 0 Å². The van der Waals surface area contributed by atoms with Crippen LogP contribution in [0.1, 0.15) is 29.3 Å². The van der Waals surface area contributed by atoms with Gasteiger partial charge in [-0.3, -0.25) is 15.5 Å². The summed E-state index contributed by atoms with van der Waals surface area (Å²) < 4.78 is 0. The molecule has 0 spiro atoms. The van der Waals surface area contributed by atoms with E-state index in [1.165, 1.54) is 0 Å². The summed E-state index contributed by atoms with van der Waals surface area (Å²) in [5.74, 6) is 5.57. The van der Waals surface area contributed by atoms with Gasteiger partial charge >= 0.3 is 0 Å². The number of hydrazine groups is 1. The fraction of sp³-hybridized carbons (Fsp3) is 0.533. The summed E-state index contributed by atoms with van der Waals surface area (Å²) >= 11 is 0. The number of carbonyl (C=O) groups is 1. The number of rotatable bonds is 4. The first kappa shape index (κ1) is 14.8. The average Bonchev–Trinajstić information content (AvgIpc) is 2.47. The Morgan fingerprint density at radius 3 is 2.60 bits per heavy atom. The van der Waals surface area contributed by atoms with Crippen LogP contribution in [0.5, 0.6) is 0 Å². The van der Waals surface area contributed by atoms with Gasteiger partial charge in [-0.2, -0.15) is 0 Å². The second-order valence-electron chi connectivity index (χ2n) is 5.33. The predicted molar refractivity (Wildman–Crippen MR) is 81.6 cm³/mol. The summed E-state index contributed by atoms with van der Waals surface area (Å²) in [5, 5.41) is 0. The highest BCUT2D eigenvalue weighted by atomic mass is 16.2. The first-order valence-electron chi connectivity index (χ1n) is 7.24. The van der Waals surface area contributed by atoms with E-state index in [-0.39, 0.29) is 5.91 Å². The fourth-order valence-corrected chi connectivity index (χ4v) is 2.62. The third kappa shape index (κ3) is 3.29. The molecule has 0 bridgehead atoms. The van der Waals surface area contributed by atoms with Crippen molar-refractivity contribution in [3.63, 3.8) is 0 Å². The maximum absolute atomic E-state index is 12.6. The van der Waals surface area contributed by atoms with Crippen molar-refractivity contribution < 1.29 is 4.79 Å². The topological polar surface area (TPSA) is 61.6 Å². The number of hydrogen-bond donors (Lipinski definition) is 2. The number of amides is 1. The van der Waals surface area contributed by atoms with Gasteiger partial charge in [-0.1, -0.05) is 18.6 Å². The van der Waals surface area contributed by atoms with Crippen LogP contribution in [0, 0.1) is 6.92 Å². The molecule has 1 aliphatic rings. The van der Waals surface area contributed by atoms with Crippen molar-refractivity contribution in [1.29, 1.82) is 0 Å². The van der Waals surface area contributed by atoms with Gasteiger partial charge in [0.25, 0.3) is 5.91 Å². The summed E-state index contributed by atoms with van der Waals surface area (Å²) in [6, 6.07) is 5.71. The fourth-order valence-electron chi connectivity index (χ4n) is 2.62. The van der Waals surface area contributed by atoms with E-state index in [0.717, 1.165) is 44.7 Å². The Morgan fingerprint density at radius 2 is 2.00 bits per heavy atom. The Hall–Kier alpha value is -1.59. The normalized spacial score (nSPS) is 16.2. The lowest BCUT2D eigenvalue weighted by atomic mass is 10.1.